The van der Waals surface area contributed by atoms with Crippen LogP contribution in [0, 0.1) is 35.5 Å². The van der Waals surface area contributed by atoms with Crippen LogP contribution >= 0.6 is 0 Å². The molecule has 17 atom stereocenters. The predicted octanol–water partition coefficient (Wildman–Crippen LogP) is 5.71. The first-order valence-electron chi connectivity index (χ1n) is 19.6. The van der Waals surface area contributed by atoms with Crippen LogP contribution in [0.15, 0.2) is 0 Å². The number of hydrogen-bond donors (Lipinski definition) is 3. The van der Waals surface area contributed by atoms with Crippen molar-refractivity contribution in [2.45, 2.75) is 186 Å². The quantitative estimate of drug-likeness (QED) is 0.216. The van der Waals surface area contributed by atoms with Gasteiger partial charge in [0, 0.05) is 44.3 Å². The van der Waals surface area contributed by atoms with Gasteiger partial charge >= 0.3 is 5.97 Å². The number of hydrogen-bond acceptors (Lipinski definition) is 10. The molecule has 5 rings (SSSR count). The number of aliphatic hydroxyl groups excluding tert-OH is 1. The summed E-state index contributed by atoms with van der Waals surface area (Å²) in [6, 6.07) is 0. The van der Waals surface area contributed by atoms with Gasteiger partial charge in [0.05, 0.1) is 66.5 Å². The van der Waals surface area contributed by atoms with Gasteiger partial charge in [-0.15, -0.1) is 0 Å². The van der Waals surface area contributed by atoms with Crippen LogP contribution in [0.5, 0.6) is 0 Å². The van der Waals surface area contributed by atoms with Crippen molar-refractivity contribution in [3.05, 3.63) is 0 Å². The molecule has 0 aromatic carbocycles. The lowest BCUT2D eigenvalue weighted by Gasteiger charge is -2.50. The zero-order valence-corrected chi connectivity index (χ0v) is 32.4. The Labute approximate surface area is 300 Å². The SMILES string of the molecule is CCCO[C@H]1C[C@]2(CC[C@](C)([C@H]3CC[C@@](CC)([C@@H]4O[C@H]([C@H]5O[C@@](O)(CO)[C@H](C)C[C@@H]5C)C[C@@H]4C)O3)O2)O[C@H]([C@@H](C)[C@@H](OC)[C@H](C)C(=O)O)[C@@H]1C. The summed E-state index contributed by atoms with van der Waals surface area (Å²) in [5, 5.41) is 30.8. The summed E-state index contributed by atoms with van der Waals surface area (Å²) in [4.78, 5) is 12.0. The number of carbonyl (C=O) groups is 1. The first-order valence-corrected chi connectivity index (χ1v) is 19.6. The summed E-state index contributed by atoms with van der Waals surface area (Å²) < 4.78 is 46.6. The third-order valence-electron chi connectivity index (χ3n) is 13.6. The third-order valence-corrected chi connectivity index (χ3v) is 13.6. The summed E-state index contributed by atoms with van der Waals surface area (Å²) in [5.74, 6) is -3.96. The van der Waals surface area contributed by atoms with E-state index in [1.54, 1.807) is 14.0 Å². The molecule has 3 N–H and O–H groups in total. The summed E-state index contributed by atoms with van der Waals surface area (Å²) in [6.07, 6.45) is 5.26. The Bertz CT molecular complexity index is 1160. The van der Waals surface area contributed by atoms with E-state index in [0.717, 1.165) is 44.9 Å². The maximum Gasteiger partial charge on any atom is 0.308 e. The Hall–Kier alpha value is -0.890. The Morgan fingerprint density at radius 1 is 1.00 bits per heavy atom. The molecule has 1 spiro atoms. The third kappa shape index (κ3) is 7.43. The van der Waals surface area contributed by atoms with E-state index in [4.69, 9.17) is 33.2 Å². The fourth-order valence-electron chi connectivity index (χ4n) is 10.4. The van der Waals surface area contributed by atoms with Gasteiger partial charge in [0.1, 0.15) is 0 Å². The number of aliphatic hydroxyl groups is 2. The van der Waals surface area contributed by atoms with Gasteiger partial charge in [-0.1, -0.05) is 48.5 Å². The van der Waals surface area contributed by atoms with Crippen LogP contribution in [0.4, 0.5) is 0 Å². The standard InChI is InChI=1S/C39H68O11/c1-11-17-45-29-20-38(48-33(25(29)6)26(7)32(44-10)27(8)35(41)42)16-15-36(9,50-38)30-13-14-37(12-2,47-30)34-23(4)19-28(46-34)31-22(3)18-24(5)39(43,21-40)49-31/h22-34,40,43H,11-21H2,1-10H3,(H,41,42)/t22-,23-,24+,25+,26-,27-,28-,29-,30+,31-,32+,33-,34+,36+,37-,38+,39-/m0/s1. The molecule has 11 heteroatoms. The second kappa shape index (κ2) is 15.5. The predicted molar refractivity (Wildman–Crippen MR) is 186 cm³/mol. The van der Waals surface area contributed by atoms with Gasteiger partial charge in [-0.3, -0.25) is 4.79 Å². The van der Waals surface area contributed by atoms with Crippen molar-refractivity contribution in [3.8, 4) is 0 Å². The zero-order valence-electron chi connectivity index (χ0n) is 32.4. The van der Waals surface area contributed by atoms with Crippen molar-refractivity contribution < 1.29 is 53.3 Å². The van der Waals surface area contributed by atoms with Gasteiger partial charge in [0.15, 0.2) is 11.6 Å². The lowest BCUT2D eigenvalue weighted by Crippen LogP contribution is -2.57. The Morgan fingerprint density at radius 2 is 1.72 bits per heavy atom. The second-order valence-electron chi connectivity index (χ2n) is 17.1. The summed E-state index contributed by atoms with van der Waals surface area (Å²) in [6.45, 7) is 18.8. The lowest BCUT2D eigenvalue weighted by atomic mass is 9.78. The molecule has 0 amide bonds. The fourth-order valence-corrected chi connectivity index (χ4v) is 10.4. The zero-order chi connectivity index (χ0) is 36.8. The summed E-state index contributed by atoms with van der Waals surface area (Å²) in [5.41, 5.74) is -1.07. The topological polar surface area (TPSA) is 142 Å². The number of carboxylic acid groups (broad SMARTS) is 1. The molecule has 0 unspecified atom stereocenters. The van der Waals surface area contributed by atoms with Crippen molar-refractivity contribution >= 4 is 5.97 Å². The van der Waals surface area contributed by atoms with Crippen molar-refractivity contribution in [1.29, 1.82) is 0 Å². The lowest BCUT2D eigenvalue weighted by molar-refractivity contribution is -0.339. The summed E-state index contributed by atoms with van der Waals surface area (Å²) in [7, 11) is 1.57. The van der Waals surface area contributed by atoms with Crippen LogP contribution in [0.2, 0.25) is 0 Å². The molecule has 0 bridgehead atoms. The fraction of sp³-hybridized carbons (Fsp3) is 0.974. The Morgan fingerprint density at radius 3 is 2.34 bits per heavy atom. The second-order valence-corrected chi connectivity index (χ2v) is 17.1. The molecule has 290 valence electrons. The van der Waals surface area contributed by atoms with E-state index in [9.17, 15) is 20.1 Å². The van der Waals surface area contributed by atoms with E-state index in [1.165, 1.54) is 0 Å². The van der Waals surface area contributed by atoms with Crippen molar-refractivity contribution in [2.75, 3.05) is 20.3 Å². The molecular weight excluding hydrogens is 644 g/mol. The van der Waals surface area contributed by atoms with Crippen molar-refractivity contribution in [1.82, 2.24) is 0 Å². The van der Waals surface area contributed by atoms with Crippen LogP contribution < -0.4 is 0 Å². The van der Waals surface area contributed by atoms with Gasteiger partial charge in [-0.05, 0) is 70.6 Å². The molecule has 5 aliphatic rings. The molecular formula is C39H68O11. The van der Waals surface area contributed by atoms with Crippen LogP contribution in [0.1, 0.15) is 120 Å². The van der Waals surface area contributed by atoms with Crippen molar-refractivity contribution in [2.24, 2.45) is 35.5 Å². The van der Waals surface area contributed by atoms with E-state index in [2.05, 4.69) is 41.5 Å². The highest BCUT2D eigenvalue weighted by molar-refractivity contribution is 5.70. The van der Waals surface area contributed by atoms with Crippen molar-refractivity contribution in [3.63, 3.8) is 0 Å². The highest BCUT2D eigenvalue weighted by Crippen LogP contribution is 2.55. The monoisotopic (exact) mass is 712 g/mol. The van der Waals surface area contributed by atoms with Gasteiger partial charge in [0.25, 0.3) is 0 Å². The maximum absolute atomic E-state index is 12.0. The average molecular weight is 713 g/mol. The Balaban J connectivity index is 1.32. The van der Waals surface area contributed by atoms with Gasteiger partial charge < -0.3 is 48.5 Å². The molecule has 0 saturated carbocycles. The van der Waals surface area contributed by atoms with E-state index < -0.39 is 47.4 Å². The minimum Gasteiger partial charge on any atom is -0.481 e. The van der Waals surface area contributed by atoms with Crippen LogP contribution in [-0.2, 0) is 38.0 Å². The number of methoxy groups -OCH3 is 1. The Kier molecular flexibility index (Phi) is 12.5. The molecule has 0 aromatic rings. The molecule has 5 saturated heterocycles. The number of carboxylic acids is 1. The van der Waals surface area contributed by atoms with Gasteiger partial charge in [-0.25, -0.2) is 0 Å². The highest BCUT2D eigenvalue weighted by atomic mass is 16.7. The minimum atomic E-state index is -1.56. The van der Waals surface area contributed by atoms with E-state index in [-0.39, 0.29) is 66.2 Å². The minimum absolute atomic E-state index is 0.0214. The molecule has 0 aromatic heterocycles. The average Bonchev–Trinajstić information content (AvgIpc) is 3.79. The van der Waals surface area contributed by atoms with Crippen LogP contribution in [-0.4, -0.2) is 107 Å². The molecule has 0 radical (unpaired) electrons. The number of ether oxygens (including phenoxy) is 7. The normalized spacial score (nSPS) is 48.6. The van der Waals surface area contributed by atoms with Gasteiger partial charge in [-0.2, -0.15) is 0 Å². The van der Waals surface area contributed by atoms with Gasteiger partial charge in [0.2, 0.25) is 0 Å². The van der Waals surface area contributed by atoms with E-state index >= 15 is 0 Å². The van der Waals surface area contributed by atoms with Crippen LogP contribution in [0.3, 0.4) is 0 Å². The number of rotatable bonds is 13. The molecule has 5 heterocycles. The summed E-state index contributed by atoms with van der Waals surface area (Å²) >= 11 is 0. The molecule has 5 aliphatic heterocycles. The largest absolute Gasteiger partial charge is 0.481 e. The first-order chi connectivity index (χ1) is 23.5. The highest BCUT2D eigenvalue weighted by Gasteiger charge is 2.62. The molecule has 0 aliphatic carbocycles. The molecule has 11 nitrogen and oxygen atoms in total. The smallest absolute Gasteiger partial charge is 0.308 e. The number of aliphatic carboxylic acids is 1. The van der Waals surface area contributed by atoms with E-state index in [0.29, 0.717) is 19.4 Å². The maximum atomic E-state index is 12.0. The van der Waals surface area contributed by atoms with Crippen LogP contribution in [0.25, 0.3) is 0 Å². The first kappa shape index (κ1) is 40.3. The molecule has 50 heavy (non-hydrogen) atoms. The molecule has 5 fully saturated rings. The van der Waals surface area contributed by atoms with E-state index in [1.807, 2.05) is 13.8 Å².